The summed E-state index contributed by atoms with van der Waals surface area (Å²) in [6, 6.07) is 4.13. The predicted molar refractivity (Wildman–Crippen MR) is 65.3 cm³/mol. The molecular weight excluding hydrogens is 236 g/mol. The predicted octanol–water partition coefficient (Wildman–Crippen LogP) is 1.34. The molecular formula is C13H18O5. The van der Waals surface area contributed by atoms with Crippen LogP contribution >= 0.6 is 0 Å². The van der Waals surface area contributed by atoms with E-state index in [4.69, 9.17) is 9.84 Å². The van der Waals surface area contributed by atoms with E-state index < -0.39 is 12.1 Å². The Morgan fingerprint density at radius 2 is 2.06 bits per heavy atom. The van der Waals surface area contributed by atoms with Gasteiger partial charge in [-0.05, 0) is 24.1 Å². The first-order valence-corrected chi connectivity index (χ1v) is 5.90. The Kier molecular flexibility index (Phi) is 5.45. The highest BCUT2D eigenvalue weighted by Gasteiger charge is 2.17. The summed E-state index contributed by atoms with van der Waals surface area (Å²) in [4.78, 5) is 11.4. The van der Waals surface area contributed by atoms with Gasteiger partial charge in [0.25, 0.3) is 0 Å². The van der Waals surface area contributed by atoms with Crippen LogP contribution in [0, 0.1) is 0 Å². The normalized spacial score (nSPS) is 12.1. The molecule has 3 N–H and O–H groups in total. The average molecular weight is 254 g/mol. The lowest BCUT2D eigenvalue weighted by Gasteiger charge is -2.11. The number of aromatic hydroxyl groups is 2. The SMILES string of the molecule is CCCCOC(=O)[C@H](O)Cc1ccc(O)c(O)c1. The fourth-order valence-electron chi connectivity index (χ4n) is 1.42. The minimum absolute atomic E-state index is 0.0405. The van der Waals surface area contributed by atoms with Gasteiger partial charge in [-0.1, -0.05) is 19.4 Å². The second kappa shape index (κ2) is 6.86. The lowest BCUT2D eigenvalue weighted by molar-refractivity contribution is -0.153. The van der Waals surface area contributed by atoms with Crippen LogP contribution in [0.5, 0.6) is 11.5 Å². The smallest absolute Gasteiger partial charge is 0.335 e. The number of phenolic OH excluding ortho intramolecular Hbond substituents is 2. The van der Waals surface area contributed by atoms with Crippen molar-refractivity contribution >= 4 is 5.97 Å². The number of carbonyl (C=O) groups is 1. The number of hydrogen-bond donors (Lipinski definition) is 3. The molecule has 5 heteroatoms. The van der Waals surface area contributed by atoms with E-state index in [1.54, 1.807) is 0 Å². The summed E-state index contributed by atoms with van der Waals surface area (Å²) < 4.78 is 4.87. The van der Waals surface area contributed by atoms with Crippen molar-refractivity contribution in [1.29, 1.82) is 0 Å². The maximum atomic E-state index is 11.4. The summed E-state index contributed by atoms with van der Waals surface area (Å²) in [6.45, 7) is 2.27. The Morgan fingerprint density at radius 3 is 2.67 bits per heavy atom. The molecule has 0 amide bonds. The number of aliphatic hydroxyl groups is 1. The molecule has 0 aromatic heterocycles. The summed E-state index contributed by atoms with van der Waals surface area (Å²) in [6.07, 6.45) is 0.456. The lowest BCUT2D eigenvalue weighted by atomic mass is 10.1. The Balaban J connectivity index is 2.50. The zero-order valence-corrected chi connectivity index (χ0v) is 10.3. The number of carbonyl (C=O) groups excluding carboxylic acids is 1. The van der Waals surface area contributed by atoms with E-state index in [0.717, 1.165) is 12.8 Å². The molecule has 0 bridgehead atoms. The number of hydrogen-bond acceptors (Lipinski definition) is 5. The van der Waals surface area contributed by atoms with Crippen LogP contribution in [0.4, 0.5) is 0 Å². The van der Waals surface area contributed by atoms with Gasteiger partial charge in [-0.15, -0.1) is 0 Å². The summed E-state index contributed by atoms with van der Waals surface area (Å²) in [5, 5.41) is 28.0. The molecule has 1 aromatic rings. The third-order valence-corrected chi connectivity index (χ3v) is 2.48. The molecule has 5 nitrogen and oxygen atoms in total. The Bertz CT molecular complexity index is 402. The van der Waals surface area contributed by atoms with Crippen LogP contribution in [0.15, 0.2) is 18.2 Å². The van der Waals surface area contributed by atoms with Crippen molar-refractivity contribution < 1.29 is 24.9 Å². The topological polar surface area (TPSA) is 87.0 Å². The average Bonchev–Trinajstić information content (AvgIpc) is 2.34. The first-order valence-electron chi connectivity index (χ1n) is 5.90. The van der Waals surface area contributed by atoms with Gasteiger partial charge in [0.05, 0.1) is 6.61 Å². The molecule has 0 saturated carbocycles. The quantitative estimate of drug-likeness (QED) is 0.405. The van der Waals surface area contributed by atoms with Crippen LogP contribution in [0.1, 0.15) is 25.3 Å². The molecule has 0 aliphatic rings. The van der Waals surface area contributed by atoms with Crippen molar-refractivity contribution in [2.75, 3.05) is 6.61 Å². The highest BCUT2D eigenvalue weighted by molar-refractivity contribution is 5.74. The van der Waals surface area contributed by atoms with Gasteiger partial charge in [-0.25, -0.2) is 4.79 Å². The van der Waals surface area contributed by atoms with E-state index in [2.05, 4.69) is 0 Å². The van der Waals surface area contributed by atoms with Gasteiger partial charge in [0.1, 0.15) is 0 Å². The summed E-state index contributed by atoms with van der Waals surface area (Å²) in [5.41, 5.74) is 0.547. The first-order chi connectivity index (χ1) is 8.54. The highest BCUT2D eigenvalue weighted by atomic mass is 16.5. The maximum Gasteiger partial charge on any atom is 0.335 e. The van der Waals surface area contributed by atoms with Crippen molar-refractivity contribution in [2.45, 2.75) is 32.3 Å². The Hall–Kier alpha value is -1.75. The molecule has 0 heterocycles. The van der Waals surface area contributed by atoms with Gasteiger partial charge in [0.15, 0.2) is 17.6 Å². The molecule has 0 aliphatic heterocycles. The largest absolute Gasteiger partial charge is 0.504 e. The van der Waals surface area contributed by atoms with E-state index in [9.17, 15) is 15.0 Å². The molecule has 0 fully saturated rings. The monoisotopic (exact) mass is 254 g/mol. The lowest BCUT2D eigenvalue weighted by Crippen LogP contribution is -2.25. The van der Waals surface area contributed by atoms with Crippen molar-refractivity contribution in [3.05, 3.63) is 23.8 Å². The third-order valence-electron chi connectivity index (χ3n) is 2.48. The molecule has 1 aromatic carbocycles. The number of rotatable bonds is 6. The van der Waals surface area contributed by atoms with Gasteiger partial charge in [0.2, 0.25) is 0 Å². The first kappa shape index (κ1) is 14.3. The Labute approximate surface area is 106 Å². The van der Waals surface area contributed by atoms with Crippen LogP contribution < -0.4 is 0 Å². The zero-order chi connectivity index (χ0) is 13.5. The van der Waals surface area contributed by atoms with Gasteiger partial charge in [-0.3, -0.25) is 0 Å². The molecule has 0 aliphatic carbocycles. The molecule has 0 spiro atoms. The van der Waals surface area contributed by atoms with Gasteiger partial charge >= 0.3 is 5.97 Å². The molecule has 18 heavy (non-hydrogen) atoms. The number of ether oxygens (including phenoxy) is 1. The second-order valence-corrected chi connectivity index (χ2v) is 4.06. The minimum atomic E-state index is -1.26. The van der Waals surface area contributed by atoms with Gasteiger partial charge < -0.3 is 20.1 Å². The fraction of sp³-hybridized carbons (Fsp3) is 0.462. The van der Waals surface area contributed by atoms with E-state index in [1.165, 1.54) is 18.2 Å². The van der Waals surface area contributed by atoms with Crippen LogP contribution in [0.25, 0.3) is 0 Å². The van der Waals surface area contributed by atoms with Crippen molar-refractivity contribution in [2.24, 2.45) is 0 Å². The zero-order valence-electron chi connectivity index (χ0n) is 10.3. The molecule has 0 saturated heterocycles. The van der Waals surface area contributed by atoms with Crippen LogP contribution in [-0.4, -0.2) is 34.0 Å². The standard InChI is InChI=1S/C13H18O5/c1-2-3-6-18-13(17)12(16)8-9-4-5-10(14)11(15)7-9/h4-5,7,12,14-16H,2-3,6,8H2,1H3/t12-/m1/s1. The number of phenols is 2. The second-order valence-electron chi connectivity index (χ2n) is 4.06. The summed E-state index contributed by atoms with van der Waals surface area (Å²) in [7, 11) is 0. The molecule has 1 atom stereocenters. The van der Waals surface area contributed by atoms with E-state index in [0.29, 0.717) is 12.2 Å². The summed E-state index contributed by atoms with van der Waals surface area (Å²) >= 11 is 0. The molecule has 0 radical (unpaired) electrons. The van der Waals surface area contributed by atoms with Crippen LogP contribution in [0.3, 0.4) is 0 Å². The summed E-state index contributed by atoms with van der Waals surface area (Å²) in [5.74, 6) is -1.19. The molecule has 0 unspecified atom stereocenters. The van der Waals surface area contributed by atoms with Gasteiger partial charge in [-0.2, -0.15) is 0 Å². The van der Waals surface area contributed by atoms with Crippen molar-refractivity contribution in [3.63, 3.8) is 0 Å². The number of aliphatic hydroxyl groups excluding tert-OH is 1. The third kappa shape index (κ3) is 4.25. The highest BCUT2D eigenvalue weighted by Crippen LogP contribution is 2.25. The van der Waals surface area contributed by atoms with Crippen molar-refractivity contribution in [3.8, 4) is 11.5 Å². The molecule has 100 valence electrons. The minimum Gasteiger partial charge on any atom is -0.504 e. The maximum absolute atomic E-state index is 11.4. The molecule has 1 rings (SSSR count). The number of benzene rings is 1. The van der Waals surface area contributed by atoms with Gasteiger partial charge in [0, 0.05) is 6.42 Å². The number of unbranched alkanes of at least 4 members (excludes halogenated alkanes) is 1. The van der Waals surface area contributed by atoms with Crippen molar-refractivity contribution in [1.82, 2.24) is 0 Å². The van der Waals surface area contributed by atoms with E-state index in [1.807, 2.05) is 6.92 Å². The van der Waals surface area contributed by atoms with Crippen LogP contribution in [-0.2, 0) is 16.0 Å². The Morgan fingerprint density at radius 1 is 1.33 bits per heavy atom. The van der Waals surface area contributed by atoms with Crippen LogP contribution in [0.2, 0.25) is 0 Å². The van der Waals surface area contributed by atoms with E-state index >= 15 is 0 Å². The number of esters is 1. The fourth-order valence-corrected chi connectivity index (χ4v) is 1.42. The van der Waals surface area contributed by atoms with E-state index in [-0.39, 0.29) is 17.9 Å².